The molecular weight excluding hydrogens is 434 g/mol. The molecule has 1 rings (SSSR count). The van der Waals surface area contributed by atoms with E-state index in [1.807, 2.05) is 0 Å². The molecule has 0 spiro atoms. The molecule has 1 aromatic heterocycles. The Bertz CT molecular complexity index is 854. The maximum Gasteiger partial charge on any atom is 0.326 e. The fraction of sp³-hybridized carbons (Fsp3) is 0.524. The molecule has 7 N–H and O–H groups in total. The van der Waals surface area contributed by atoms with Gasteiger partial charge in [0.15, 0.2) is 0 Å². The van der Waals surface area contributed by atoms with Gasteiger partial charge in [0, 0.05) is 25.2 Å². The zero-order chi connectivity index (χ0) is 25.2. The monoisotopic (exact) mass is 465 g/mol. The lowest BCUT2D eigenvalue weighted by molar-refractivity contribution is -0.155. The third-order valence-electron chi connectivity index (χ3n) is 4.23. The number of hydrogen-bond donors (Lipinski definition) is 5. The van der Waals surface area contributed by atoms with Crippen LogP contribution in [0.25, 0.3) is 0 Å². The average molecular weight is 466 g/mol. The normalized spacial score (nSPS) is 13.8. The van der Waals surface area contributed by atoms with Crippen molar-refractivity contribution in [1.29, 1.82) is 0 Å². The number of amides is 3. The van der Waals surface area contributed by atoms with E-state index in [2.05, 4.69) is 15.6 Å². The zero-order valence-electron chi connectivity index (χ0n) is 18.9. The predicted molar refractivity (Wildman–Crippen MR) is 116 cm³/mol. The van der Waals surface area contributed by atoms with Crippen LogP contribution in [0.15, 0.2) is 24.5 Å². The Hall–Kier alpha value is -3.54. The molecule has 3 amide bonds. The smallest absolute Gasteiger partial charge is 0.326 e. The third kappa shape index (κ3) is 11.1. The lowest BCUT2D eigenvalue weighted by Gasteiger charge is -2.22. The molecule has 182 valence electrons. The van der Waals surface area contributed by atoms with Crippen LogP contribution in [0.5, 0.6) is 0 Å². The van der Waals surface area contributed by atoms with Crippen LogP contribution in [-0.4, -0.2) is 63.5 Å². The van der Waals surface area contributed by atoms with E-state index >= 15 is 0 Å². The second-order valence-corrected chi connectivity index (χ2v) is 8.43. The van der Waals surface area contributed by atoms with E-state index in [1.54, 1.807) is 32.9 Å². The predicted octanol–water partition coefficient (Wildman–Crippen LogP) is -0.997. The van der Waals surface area contributed by atoms with E-state index in [0.717, 1.165) is 0 Å². The number of carbonyl (C=O) groups excluding carboxylic acids is 4. The SMILES string of the molecule is CC(C)(C)OC(=O)CC[C@H](N)C(=O)N[C@@H](CC(N)=O)C(=O)N[C@@H](Cc1cccnc1)C(=O)O. The Labute approximate surface area is 191 Å². The number of hydrogen-bond acceptors (Lipinski definition) is 8. The molecule has 0 radical (unpaired) electrons. The summed E-state index contributed by atoms with van der Waals surface area (Å²) in [6.07, 6.45) is 2.13. The van der Waals surface area contributed by atoms with Crippen LogP contribution in [0.2, 0.25) is 0 Å². The molecule has 1 aromatic rings. The number of rotatable bonds is 12. The molecule has 3 atom stereocenters. The first kappa shape index (κ1) is 27.5. The molecule has 0 saturated carbocycles. The first-order valence-electron chi connectivity index (χ1n) is 10.3. The molecule has 0 aliphatic heterocycles. The van der Waals surface area contributed by atoms with Crippen LogP contribution >= 0.6 is 0 Å². The number of carbonyl (C=O) groups is 5. The summed E-state index contributed by atoms with van der Waals surface area (Å²) >= 11 is 0. The summed E-state index contributed by atoms with van der Waals surface area (Å²) < 4.78 is 5.14. The molecule has 0 aliphatic carbocycles. The highest BCUT2D eigenvalue weighted by atomic mass is 16.6. The number of carboxylic acids is 1. The minimum Gasteiger partial charge on any atom is -0.480 e. The van der Waals surface area contributed by atoms with Gasteiger partial charge in [-0.15, -0.1) is 0 Å². The highest BCUT2D eigenvalue weighted by molar-refractivity contribution is 5.94. The van der Waals surface area contributed by atoms with Crippen molar-refractivity contribution in [3.63, 3.8) is 0 Å². The van der Waals surface area contributed by atoms with Crippen molar-refractivity contribution in [2.75, 3.05) is 0 Å². The second-order valence-electron chi connectivity index (χ2n) is 8.43. The molecule has 12 heteroatoms. The Morgan fingerprint density at radius 3 is 2.27 bits per heavy atom. The fourth-order valence-electron chi connectivity index (χ4n) is 2.71. The quantitative estimate of drug-likeness (QED) is 0.240. The largest absolute Gasteiger partial charge is 0.480 e. The summed E-state index contributed by atoms with van der Waals surface area (Å²) in [6.45, 7) is 5.09. The van der Waals surface area contributed by atoms with Crippen LogP contribution < -0.4 is 22.1 Å². The van der Waals surface area contributed by atoms with Crippen molar-refractivity contribution in [2.24, 2.45) is 11.5 Å². The Morgan fingerprint density at radius 1 is 1.12 bits per heavy atom. The van der Waals surface area contributed by atoms with Gasteiger partial charge in [-0.25, -0.2) is 4.79 Å². The maximum atomic E-state index is 12.6. The van der Waals surface area contributed by atoms with Crippen molar-refractivity contribution in [3.05, 3.63) is 30.1 Å². The number of ether oxygens (including phenoxy) is 1. The van der Waals surface area contributed by atoms with Gasteiger partial charge in [0.25, 0.3) is 0 Å². The molecule has 0 saturated heterocycles. The van der Waals surface area contributed by atoms with Crippen LogP contribution in [0.1, 0.15) is 45.6 Å². The van der Waals surface area contributed by atoms with Gasteiger partial charge in [0.1, 0.15) is 17.7 Å². The van der Waals surface area contributed by atoms with Gasteiger partial charge in [0.2, 0.25) is 17.7 Å². The van der Waals surface area contributed by atoms with Gasteiger partial charge < -0.3 is 31.9 Å². The number of aliphatic carboxylic acids is 1. The van der Waals surface area contributed by atoms with Crippen molar-refractivity contribution >= 4 is 29.7 Å². The van der Waals surface area contributed by atoms with Gasteiger partial charge in [0.05, 0.1) is 12.5 Å². The van der Waals surface area contributed by atoms with Crippen molar-refractivity contribution in [3.8, 4) is 0 Å². The number of carboxylic acid groups (broad SMARTS) is 1. The van der Waals surface area contributed by atoms with E-state index in [0.29, 0.717) is 5.56 Å². The summed E-state index contributed by atoms with van der Waals surface area (Å²) in [6, 6.07) is -0.703. The first-order valence-corrected chi connectivity index (χ1v) is 10.3. The Morgan fingerprint density at radius 2 is 1.76 bits per heavy atom. The number of pyridine rings is 1. The molecule has 12 nitrogen and oxygen atoms in total. The summed E-state index contributed by atoms with van der Waals surface area (Å²) in [5.41, 5.74) is 10.8. The van der Waals surface area contributed by atoms with Crippen molar-refractivity contribution in [2.45, 2.75) is 70.2 Å². The van der Waals surface area contributed by atoms with Gasteiger partial charge in [-0.05, 0) is 38.8 Å². The van der Waals surface area contributed by atoms with E-state index in [1.165, 1.54) is 12.4 Å². The lowest BCUT2D eigenvalue weighted by Crippen LogP contribution is -2.55. The minimum atomic E-state index is -1.45. The highest BCUT2D eigenvalue weighted by Crippen LogP contribution is 2.10. The van der Waals surface area contributed by atoms with Crippen LogP contribution in [0.3, 0.4) is 0 Å². The van der Waals surface area contributed by atoms with Crippen LogP contribution in [0, 0.1) is 0 Å². The third-order valence-corrected chi connectivity index (χ3v) is 4.23. The Balaban J connectivity index is 2.77. The van der Waals surface area contributed by atoms with Gasteiger partial charge in [-0.1, -0.05) is 6.07 Å². The van der Waals surface area contributed by atoms with Gasteiger partial charge in [-0.3, -0.25) is 24.2 Å². The van der Waals surface area contributed by atoms with Gasteiger partial charge >= 0.3 is 11.9 Å². The lowest BCUT2D eigenvalue weighted by atomic mass is 10.1. The highest BCUT2D eigenvalue weighted by Gasteiger charge is 2.29. The van der Waals surface area contributed by atoms with Crippen molar-refractivity contribution in [1.82, 2.24) is 15.6 Å². The molecule has 0 bridgehead atoms. The number of esters is 1. The molecule has 0 unspecified atom stereocenters. The van der Waals surface area contributed by atoms with E-state index in [9.17, 15) is 29.1 Å². The van der Waals surface area contributed by atoms with Crippen LogP contribution in [-0.2, 0) is 35.1 Å². The minimum absolute atomic E-state index is 0.0651. The van der Waals surface area contributed by atoms with E-state index in [-0.39, 0.29) is 19.3 Å². The van der Waals surface area contributed by atoms with E-state index in [4.69, 9.17) is 16.2 Å². The molecule has 0 aliphatic rings. The second kappa shape index (κ2) is 12.5. The number of nitrogens with two attached hydrogens (primary N) is 2. The molecule has 1 heterocycles. The van der Waals surface area contributed by atoms with Crippen LogP contribution in [0.4, 0.5) is 0 Å². The topological polar surface area (TPSA) is 204 Å². The number of nitrogens with zero attached hydrogens (tertiary/aromatic N) is 1. The molecule has 0 fully saturated rings. The van der Waals surface area contributed by atoms with Gasteiger partial charge in [-0.2, -0.15) is 0 Å². The molecular formula is C21H31N5O7. The summed E-state index contributed by atoms with van der Waals surface area (Å²) in [4.78, 5) is 63.7. The summed E-state index contributed by atoms with van der Waals surface area (Å²) in [5.74, 6) is -4.48. The number of nitrogens with one attached hydrogen (secondary N) is 2. The summed E-state index contributed by atoms with van der Waals surface area (Å²) in [7, 11) is 0. The average Bonchev–Trinajstić information content (AvgIpc) is 2.69. The zero-order valence-corrected chi connectivity index (χ0v) is 18.9. The number of primary amides is 1. The number of aromatic nitrogens is 1. The van der Waals surface area contributed by atoms with E-state index < -0.39 is 59.8 Å². The first-order chi connectivity index (χ1) is 15.3. The maximum absolute atomic E-state index is 12.6. The summed E-state index contributed by atoms with van der Waals surface area (Å²) in [5, 5.41) is 14.0. The molecule has 33 heavy (non-hydrogen) atoms. The molecule has 0 aromatic carbocycles. The fourth-order valence-corrected chi connectivity index (χ4v) is 2.71. The standard InChI is InChI=1S/C21H31N5O7/c1-21(2,3)33-17(28)7-6-13(22)18(29)25-14(10-16(23)27)19(30)26-15(20(31)32)9-12-5-4-8-24-11-12/h4-5,8,11,13-15H,6-7,9-10,22H2,1-3H3,(H2,23,27)(H,25,29)(H,26,30)(H,31,32)/t13-,14-,15-/m0/s1. The Kier molecular flexibility index (Phi) is 10.4. The van der Waals surface area contributed by atoms with Crippen molar-refractivity contribution < 1.29 is 33.8 Å².